The van der Waals surface area contributed by atoms with Crippen LogP contribution in [0.15, 0.2) is 18.2 Å². The predicted octanol–water partition coefficient (Wildman–Crippen LogP) is 2.29. The number of nitrogens with zero attached hydrogens (tertiary/aromatic N) is 1. The third kappa shape index (κ3) is 3.92. The molecule has 0 radical (unpaired) electrons. The van der Waals surface area contributed by atoms with E-state index >= 15 is 0 Å². The highest BCUT2D eigenvalue weighted by atomic mass is 35.5. The van der Waals surface area contributed by atoms with Gasteiger partial charge in [-0.2, -0.15) is 0 Å². The normalized spacial score (nSPS) is 12.3. The third-order valence-electron chi connectivity index (χ3n) is 2.32. The molecule has 0 fully saturated rings. The Labute approximate surface area is 109 Å². The first kappa shape index (κ1) is 14.9. The van der Waals surface area contributed by atoms with Crippen molar-refractivity contribution in [2.45, 2.75) is 5.38 Å². The number of amides is 1. The van der Waals surface area contributed by atoms with Crippen LogP contribution in [0.3, 0.4) is 0 Å². The highest BCUT2D eigenvalue weighted by Crippen LogP contribution is 2.12. The van der Waals surface area contributed by atoms with E-state index in [1.807, 2.05) is 0 Å². The molecule has 1 unspecified atom stereocenters. The molecule has 0 saturated carbocycles. The number of halogens is 3. The van der Waals surface area contributed by atoms with Gasteiger partial charge in [-0.05, 0) is 18.2 Å². The Morgan fingerprint density at radius 3 is 2.78 bits per heavy atom. The maximum absolute atomic E-state index is 13.4. The number of carbonyl (C=O) groups excluding carboxylic acids is 1. The Balaban J connectivity index is 2.77. The van der Waals surface area contributed by atoms with Crippen LogP contribution < -0.4 is 0 Å². The average molecular weight is 278 g/mol. The van der Waals surface area contributed by atoms with Crippen molar-refractivity contribution >= 4 is 17.5 Å². The molecule has 0 spiro atoms. The molecule has 6 heteroatoms. The second-order valence-corrected chi connectivity index (χ2v) is 4.48. The molecule has 1 rings (SSSR count). The second-order valence-electron chi connectivity index (χ2n) is 3.86. The van der Waals surface area contributed by atoms with Gasteiger partial charge in [0.1, 0.15) is 11.6 Å². The number of ether oxygens (including phenoxy) is 1. The number of methoxy groups -OCH3 is 1. The summed E-state index contributed by atoms with van der Waals surface area (Å²) in [7, 11) is 2.96. The maximum atomic E-state index is 13.4. The fraction of sp³-hybridized carbons (Fsp3) is 0.417. The van der Waals surface area contributed by atoms with Crippen molar-refractivity contribution < 1.29 is 18.3 Å². The summed E-state index contributed by atoms with van der Waals surface area (Å²) in [5.74, 6) is -2.03. The minimum Gasteiger partial charge on any atom is -0.383 e. The van der Waals surface area contributed by atoms with E-state index in [-0.39, 0.29) is 18.7 Å². The molecular weight excluding hydrogens is 264 g/mol. The van der Waals surface area contributed by atoms with Crippen LogP contribution in [0.2, 0.25) is 0 Å². The van der Waals surface area contributed by atoms with Gasteiger partial charge >= 0.3 is 0 Å². The summed E-state index contributed by atoms with van der Waals surface area (Å²) in [5, 5.41) is -0.402. The zero-order chi connectivity index (χ0) is 13.7. The van der Waals surface area contributed by atoms with Crippen molar-refractivity contribution in [3.05, 3.63) is 35.4 Å². The van der Waals surface area contributed by atoms with E-state index in [2.05, 4.69) is 0 Å². The topological polar surface area (TPSA) is 29.5 Å². The van der Waals surface area contributed by atoms with Crippen LogP contribution in [0.25, 0.3) is 0 Å². The van der Waals surface area contributed by atoms with Gasteiger partial charge < -0.3 is 9.64 Å². The Morgan fingerprint density at radius 2 is 2.17 bits per heavy atom. The van der Waals surface area contributed by atoms with Crippen LogP contribution in [0.5, 0.6) is 0 Å². The lowest BCUT2D eigenvalue weighted by Gasteiger charge is -2.20. The Kier molecular flexibility index (Phi) is 5.50. The molecule has 0 saturated heterocycles. The van der Waals surface area contributed by atoms with Crippen LogP contribution in [-0.4, -0.2) is 43.5 Å². The highest BCUT2D eigenvalue weighted by Gasteiger charge is 2.19. The lowest BCUT2D eigenvalue weighted by molar-refractivity contribution is 0.0776. The maximum Gasteiger partial charge on any atom is 0.256 e. The third-order valence-corrected chi connectivity index (χ3v) is 2.59. The van der Waals surface area contributed by atoms with Crippen LogP contribution >= 0.6 is 11.6 Å². The van der Waals surface area contributed by atoms with Gasteiger partial charge in [-0.1, -0.05) is 0 Å². The van der Waals surface area contributed by atoms with Crippen molar-refractivity contribution in [3.8, 4) is 0 Å². The van der Waals surface area contributed by atoms with Gasteiger partial charge in [0, 0.05) is 20.7 Å². The van der Waals surface area contributed by atoms with Crippen molar-refractivity contribution in [2.75, 3.05) is 27.3 Å². The molecule has 0 N–H and O–H groups in total. The van der Waals surface area contributed by atoms with Crippen molar-refractivity contribution in [3.63, 3.8) is 0 Å². The standard InChI is InChI=1S/C12H14ClF2NO2/c1-16(6-8(13)7-18-2)12(17)10-5-9(14)3-4-11(10)15/h3-5,8H,6-7H2,1-2H3. The molecule has 0 aliphatic rings. The fourth-order valence-electron chi connectivity index (χ4n) is 1.48. The van der Waals surface area contributed by atoms with E-state index in [9.17, 15) is 13.6 Å². The second kappa shape index (κ2) is 6.66. The zero-order valence-corrected chi connectivity index (χ0v) is 10.9. The number of alkyl halides is 1. The molecule has 0 heterocycles. The average Bonchev–Trinajstić information content (AvgIpc) is 2.31. The van der Waals surface area contributed by atoms with Crippen molar-refractivity contribution in [1.29, 1.82) is 0 Å². The van der Waals surface area contributed by atoms with Gasteiger partial charge in [0.25, 0.3) is 5.91 Å². The Hall–Kier alpha value is -1.20. The minimum absolute atomic E-state index is 0.185. The predicted molar refractivity (Wildman–Crippen MR) is 64.8 cm³/mol. The molecule has 18 heavy (non-hydrogen) atoms. The van der Waals surface area contributed by atoms with Crippen LogP contribution in [0.4, 0.5) is 8.78 Å². The number of rotatable bonds is 5. The lowest BCUT2D eigenvalue weighted by Crippen LogP contribution is -2.34. The summed E-state index contributed by atoms with van der Waals surface area (Å²) in [5.41, 5.74) is -0.307. The molecular formula is C12H14ClF2NO2. The van der Waals surface area contributed by atoms with Gasteiger partial charge in [-0.15, -0.1) is 11.6 Å². The number of hydrogen-bond acceptors (Lipinski definition) is 2. The van der Waals surface area contributed by atoms with E-state index < -0.39 is 22.9 Å². The van der Waals surface area contributed by atoms with Gasteiger partial charge in [0.05, 0.1) is 17.5 Å². The van der Waals surface area contributed by atoms with Crippen LogP contribution in [-0.2, 0) is 4.74 Å². The van der Waals surface area contributed by atoms with Crippen LogP contribution in [0, 0.1) is 11.6 Å². The molecule has 0 aromatic heterocycles. The molecule has 1 aromatic rings. The molecule has 1 aromatic carbocycles. The molecule has 0 bridgehead atoms. The number of hydrogen-bond donors (Lipinski definition) is 0. The summed E-state index contributed by atoms with van der Waals surface area (Å²) in [6.45, 7) is 0.453. The summed E-state index contributed by atoms with van der Waals surface area (Å²) in [6, 6.07) is 2.75. The first-order chi connectivity index (χ1) is 8.45. The van der Waals surface area contributed by atoms with E-state index in [0.29, 0.717) is 0 Å². The summed E-state index contributed by atoms with van der Waals surface area (Å²) >= 11 is 5.89. The highest BCUT2D eigenvalue weighted by molar-refractivity contribution is 6.21. The van der Waals surface area contributed by atoms with Gasteiger partial charge in [-0.25, -0.2) is 8.78 Å². The SMILES string of the molecule is COCC(Cl)CN(C)C(=O)c1cc(F)ccc1F. The molecule has 0 aliphatic heterocycles. The first-order valence-corrected chi connectivity index (χ1v) is 5.73. The van der Waals surface area contributed by atoms with Crippen molar-refractivity contribution in [2.24, 2.45) is 0 Å². The zero-order valence-electron chi connectivity index (χ0n) is 10.1. The van der Waals surface area contributed by atoms with E-state index in [0.717, 1.165) is 18.2 Å². The van der Waals surface area contributed by atoms with Crippen molar-refractivity contribution in [1.82, 2.24) is 4.90 Å². The molecule has 3 nitrogen and oxygen atoms in total. The summed E-state index contributed by atoms with van der Waals surface area (Å²) in [4.78, 5) is 13.1. The molecule has 0 aliphatic carbocycles. The summed E-state index contributed by atoms with van der Waals surface area (Å²) in [6.07, 6.45) is 0. The first-order valence-electron chi connectivity index (χ1n) is 5.29. The summed E-state index contributed by atoms with van der Waals surface area (Å²) < 4.78 is 31.2. The number of carbonyl (C=O) groups is 1. The van der Waals surface area contributed by atoms with E-state index in [1.54, 1.807) is 0 Å². The van der Waals surface area contributed by atoms with E-state index in [1.165, 1.54) is 19.1 Å². The van der Waals surface area contributed by atoms with Gasteiger partial charge in [-0.3, -0.25) is 4.79 Å². The lowest BCUT2D eigenvalue weighted by atomic mass is 10.2. The van der Waals surface area contributed by atoms with Crippen LogP contribution in [0.1, 0.15) is 10.4 Å². The van der Waals surface area contributed by atoms with E-state index in [4.69, 9.17) is 16.3 Å². The Morgan fingerprint density at radius 1 is 1.50 bits per heavy atom. The Bertz CT molecular complexity index is 429. The number of benzene rings is 1. The smallest absolute Gasteiger partial charge is 0.256 e. The largest absolute Gasteiger partial charge is 0.383 e. The molecule has 1 atom stereocenters. The molecule has 100 valence electrons. The quantitative estimate of drug-likeness (QED) is 0.773. The fourth-order valence-corrected chi connectivity index (χ4v) is 1.81. The van der Waals surface area contributed by atoms with Gasteiger partial charge in [0.2, 0.25) is 0 Å². The molecule has 1 amide bonds. The minimum atomic E-state index is -0.758. The monoisotopic (exact) mass is 277 g/mol. The van der Waals surface area contributed by atoms with Gasteiger partial charge in [0.15, 0.2) is 0 Å².